The predicted molar refractivity (Wildman–Crippen MR) is 174 cm³/mol. The third-order valence-corrected chi connectivity index (χ3v) is 8.38. The van der Waals surface area contributed by atoms with E-state index >= 15 is 0 Å². The Kier molecular flexibility index (Phi) is 11.3. The number of carbonyl (C=O) groups excluding carboxylic acids is 1. The van der Waals surface area contributed by atoms with Gasteiger partial charge in [-0.2, -0.15) is 0 Å². The fourth-order valence-corrected chi connectivity index (χ4v) is 6.08. The molecule has 0 aliphatic rings. The molecule has 0 fully saturated rings. The number of carbonyl (C=O) groups is 2. The first kappa shape index (κ1) is 32.2. The van der Waals surface area contributed by atoms with Crippen molar-refractivity contribution in [3.8, 4) is 5.75 Å². The van der Waals surface area contributed by atoms with Crippen LogP contribution in [0.15, 0.2) is 94.7 Å². The molecule has 0 radical (unpaired) electrons. The summed E-state index contributed by atoms with van der Waals surface area (Å²) >= 11 is 7.68. The van der Waals surface area contributed by atoms with Crippen LogP contribution in [0.5, 0.6) is 5.75 Å². The standard InChI is InChI=1S/C36H38ClNO4S/c1-23(2)17-33(28-19-24(3)18-25(4)20-28)38-36(41)32-21-30(13-9-26(32)10-16-35(39)40)42-22-27-7-5-6-8-34(27)43-31-14-11-29(37)12-15-31/h5-9,11-15,18-21,23,33H,10,16-17,22H2,1-4H3,(H,38,41)(H,39,40). The van der Waals surface area contributed by atoms with Crippen LogP contribution >= 0.6 is 23.4 Å². The molecule has 1 unspecified atom stereocenters. The lowest BCUT2D eigenvalue weighted by molar-refractivity contribution is -0.136. The zero-order chi connectivity index (χ0) is 30.9. The molecule has 0 aromatic heterocycles. The van der Waals surface area contributed by atoms with Crippen molar-refractivity contribution in [1.29, 1.82) is 0 Å². The minimum atomic E-state index is -0.908. The van der Waals surface area contributed by atoms with Crippen LogP contribution in [0, 0.1) is 19.8 Å². The first-order valence-corrected chi connectivity index (χ1v) is 15.6. The van der Waals surface area contributed by atoms with Crippen molar-refractivity contribution < 1.29 is 19.4 Å². The summed E-state index contributed by atoms with van der Waals surface area (Å²) in [5.74, 6) is -0.246. The van der Waals surface area contributed by atoms with Crippen LogP contribution in [0.3, 0.4) is 0 Å². The average molecular weight is 616 g/mol. The Labute approximate surface area is 263 Å². The Morgan fingerprint density at radius 3 is 2.28 bits per heavy atom. The molecule has 0 aliphatic heterocycles. The van der Waals surface area contributed by atoms with Gasteiger partial charge in [-0.15, -0.1) is 0 Å². The van der Waals surface area contributed by atoms with Crippen LogP contribution in [0.2, 0.25) is 5.02 Å². The second kappa shape index (κ2) is 15.1. The first-order valence-electron chi connectivity index (χ1n) is 14.4. The summed E-state index contributed by atoms with van der Waals surface area (Å²) in [6.07, 6.45) is 0.955. The molecule has 2 N–H and O–H groups in total. The molecule has 4 rings (SSSR count). The number of benzene rings is 4. The van der Waals surface area contributed by atoms with Gasteiger partial charge >= 0.3 is 5.97 Å². The molecule has 0 heterocycles. The lowest BCUT2D eigenvalue weighted by Crippen LogP contribution is -2.30. The summed E-state index contributed by atoms with van der Waals surface area (Å²) in [6, 6.07) is 27.2. The van der Waals surface area contributed by atoms with Crippen LogP contribution < -0.4 is 10.1 Å². The molecule has 0 aliphatic carbocycles. The Morgan fingerprint density at radius 1 is 0.907 bits per heavy atom. The molecule has 1 amide bonds. The minimum Gasteiger partial charge on any atom is -0.489 e. The highest BCUT2D eigenvalue weighted by Crippen LogP contribution is 2.32. The molecule has 0 spiro atoms. The highest BCUT2D eigenvalue weighted by atomic mass is 35.5. The number of ether oxygens (including phenoxy) is 1. The van der Waals surface area contributed by atoms with Crippen molar-refractivity contribution in [2.75, 3.05) is 0 Å². The number of carboxylic acids is 1. The number of carboxylic acid groups (broad SMARTS) is 1. The van der Waals surface area contributed by atoms with E-state index in [9.17, 15) is 14.7 Å². The zero-order valence-electron chi connectivity index (χ0n) is 25.0. The maximum atomic E-state index is 13.8. The van der Waals surface area contributed by atoms with Crippen molar-refractivity contribution in [2.24, 2.45) is 5.92 Å². The summed E-state index contributed by atoms with van der Waals surface area (Å²) in [7, 11) is 0. The van der Waals surface area contributed by atoms with Gasteiger partial charge in [0.25, 0.3) is 5.91 Å². The lowest BCUT2D eigenvalue weighted by atomic mass is 9.93. The van der Waals surface area contributed by atoms with E-state index in [-0.39, 0.29) is 24.8 Å². The van der Waals surface area contributed by atoms with Crippen LogP contribution in [0.1, 0.15) is 70.9 Å². The lowest BCUT2D eigenvalue weighted by Gasteiger charge is -2.23. The summed E-state index contributed by atoms with van der Waals surface area (Å²) in [5.41, 5.74) is 5.47. The number of aryl methyl sites for hydroxylation is 3. The Hall–Kier alpha value is -3.74. The van der Waals surface area contributed by atoms with Crippen LogP contribution in [0.25, 0.3) is 0 Å². The van der Waals surface area contributed by atoms with Gasteiger partial charge in [-0.25, -0.2) is 0 Å². The van der Waals surface area contributed by atoms with Gasteiger partial charge in [0.05, 0.1) is 6.04 Å². The first-order chi connectivity index (χ1) is 20.6. The van der Waals surface area contributed by atoms with Gasteiger partial charge in [-0.1, -0.05) is 90.8 Å². The van der Waals surface area contributed by atoms with E-state index in [0.29, 0.717) is 34.4 Å². The minimum absolute atomic E-state index is 0.0672. The molecular formula is C36H38ClNO4S. The molecule has 4 aromatic rings. The van der Waals surface area contributed by atoms with Crippen molar-refractivity contribution in [1.82, 2.24) is 5.32 Å². The number of aliphatic carboxylic acids is 1. The van der Waals surface area contributed by atoms with E-state index in [2.05, 4.69) is 51.2 Å². The molecule has 1 atom stereocenters. The topological polar surface area (TPSA) is 75.6 Å². The van der Waals surface area contributed by atoms with Crippen molar-refractivity contribution in [3.05, 3.63) is 123 Å². The van der Waals surface area contributed by atoms with Gasteiger partial charge in [0.15, 0.2) is 0 Å². The van der Waals surface area contributed by atoms with Crippen LogP contribution in [0.4, 0.5) is 0 Å². The molecule has 7 heteroatoms. The number of hydrogen-bond donors (Lipinski definition) is 2. The SMILES string of the molecule is Cc1cc(C)cc(C(CC(C)C)NC(=O)c2cc(OCc3ccccc3Sc3ccc(Cl)cc3)ccc2CCC(=O)O)c1. The fraction of sp³-hybridized carbons (Fsp3) is 0.278. The molecule has 0 saturated carbocycles. The van der Waals surface area contributed by atoms with Gasteiger partial charge in [0.1, 0.15) is 12.4 Å². The van der Waals surface area contributed by atoms with Gasteiger partial charge < -0.3 is 15.2 Å². The molecule has 224 valence electrons. The Morgan fingerprint density at radius 2 is 1.60 bits per heavy atom. The van der Waals surface area contributed by atoms with E-state index in [1.807, 2.05) is 48.5 Å². The molecule has 43 heavy (non-hydrogen) atoms. The van der Waals surface area contributed by atoms with E-state index in [1.54, 1.807) is 30.0 Å². The zero-order valence-corrected chi connectivity index (χ0v) is 26.6. The maximum absolute atomic E-state index is 13.8. The summed E-state index contributed by atoms with van der Waals surface area (Å²) in [5, 5.41) is 13.3. The predicted octanol–water partition coefficient (Wildman–Crippen LogP) is 9.22. The van der Waals surface area contributed by atoms with Gasteiger partial charge in [-0.05, 0) is 86.2 Å². The fourth-order valence-electron chi connectivity index (χ4n) is 5.03. The van der Waals surface area contributed by atoms with Crippen LogP contribution in [-0.4, -0.2) is 17.0 Å². The van der Waals surface area contributed by atoms with Crippen molar-refractivity contribution >= 4 is 35.2 Å². The molecule has 5 nitrogen and oxygen atoms in total. The van der Waals surface area contributed by atoms with Crippen molar-refractivity contribution in [2.45, 2.75) is 69.4 Å². The number of hydrogen-bond acceptors (Lipinski definition) is 4. The van der Waals surface area contributed by atoms with Gasteiger partial charge in [-0.3, -0.25) is 9.59 Å². The number of rotatable bonds is 13. The van der Waals surface area contributed by atoms with E-state index in [1.165, 1.54) is 0 Å². The highest BCUT2D eigenvalue weighted by Gasteiger charge is 2.21. The number of amides is 1. The maximum Gasteiger partial charge on any atom is 0.303 e. The second-order valence-corrected chi connectivity index (χ2v) is 12.8. The molecule has 0 saturated heterocycles. The Balaban J connectivity index is 1.58. The quantitative estimate of drug-likeness (QED) is 0.157. The smallest absolute Gasteiger partial charge is 0.303 e. The molecule has 0 bridgehead atoms. The summed E-state index contributed by atoms with van der Waals surface area (Å²) in [4.78, 5) is 27.3. The third-order valence-electron chi connectivity index (χ3n) is 7.00. The second-order valence-electron chi connectivity index (χ2n) is 11.2. The van der Waals surface area contributed by atoms with Gasteiger partial charge in [0, 0.05) is 32.4 Å². The molecular weight excluding hydrogens is 578 g/mol. The third kappa shape index (κ3) is 9.63. The van der Waals surface area contributed by atoms with E-state index < -0.39 is 5.97 Å². The average Bonchev–Trinajstić information content (AvgIpc) is 2.96. The number of halogens is 1. The largest absolute Gasteiger partial charge is 0.489 e. The van der Waals surface area contributed by atoms with Crippen molar-refractivity contribution in [3.63, 3.8) is 0 Å². The Bertz CT molecular complexity index is 1550. The highest BCUT2D eigenvalue weighted by molar-refractivity contribution is 7.99. The number of nitrogens with one attached hydrogen (secondary N) is 1. The van der Waals surface area contributed by atoms with Gasteiger partial charge in [0.2, 0.25) is 0 Å². The van der Waals surface area contributed by atoms with Crippen LogP contribution in [-0.2, 0) is 17.8 Å². The summed E-state index contributed by atoms with van der Waals surface area (Å²) < 4.78 is 6.22. The monoisotopic (exact) mass is 615 g/mol. The summed E-state index contributed by atoms with van der Waals surface area (Å²) in [6.45, 7) is 8.70. The normalized spacial score (nSPS) is 11.8. The van der Waals surface area contributed by atoms with E-state index in [0.717, 1.165) is 38.5 Å². The van der Waals surface area contributed by atoms with E-state index in [4.69, 9.17) is 16.3 Å². The molecule has 4 aromatic carbocycles.